The first kappa shape index (κ1) is 10.2. The fourth-order valence-corrected chi connectivity index (χ4v) is 2.00. The molecule has 0 spiro atoms. The molecule has 13 heavy (non-hydrogen) atoms. The van der Waals surface area contributed by atoms with Gasteiger partial charge in [0.2, 0.25) is 0 Å². The molecule has 0 fully saturated rings. The molecule has 0 aliphatic heterocycles. The van der Waals surface area contributed by atoms with Gasteiger partial charge in [-0.25, -0.2) is 4.98 Å². The van der Waals surface area contributed by atoms with E-state index in [0.717, 1.165) is 15.6 Å². The van der Waals surface area contributed by atoms with Crippen molar-refractivity contribution in [3.05, 3.63) is 15.6 Å². The third-order valence-electron chi connectivity index (χ3n) is 1.74. The van der Waals surface area contributed by atoms with Gasteiger partial charge >= 0.3 is 0 Å². The molecule has 3 nitrogen and oxygen atoms in total. The van der Waals surface area contributed by atoms with Crippen LogP contribution in [-0.4, -0.2) is 17.9 Å². The lowest BCUT2D eigenvalue weighted by Crippen LogP contribution is -2.17. The van der Waals surface area contributed by atoms with Crippen LogP contribution in [0.15, 0.2) is 0 Å². The first-order chi connectivity index (χ1) is 6.06. The smallest absolute Gasteiger partial charge is 0.263 e. The van der Waals surface area contributed by atoms with E-state index < -0.39 is 0 Å². The zero-order valence-electron chi connectivity index (χ0n) is 8.34. The summed E-state index contributed by atoms with van der Waals surface area (Å²) < 4.78 is 0. The van der Waals surface area contributed by atoms with E-state index >= 15 is 0 Å². The average Bonchev–Trinajstić information content (AvgIpc) is 2.46. The molecule has 72 valence electrons. The fourth-order valence-electron chi connectivity index (χ4n) is 0.988. The van der Waals surface area contributed by atoms with Gasteiger partial charge in [-0.05, 0) is 6.92 Å². The van der Waals surface area contributed by atoms with Crippen molar-refractivity contribution < 1.29 is 4.79 Å². The van der Waals surface area contributed by atoms with Crippen molar-refractivity contribution in [2.24, 2.45) is 0 Å². The highest BCUT2D eigenvalue weighted by molar-refractivity contribution is 7.13. The van der Waals surface area contributed by atoms with Crippen molar-refractivity contribution in [3.8, 4) is 0 Å². The molecular formula is C9H14N2OS. The van der Waals surface area contributed by atoms with E-state index in [2.05, 4.69) is 24.1 Å². The largest absolute Gasteiger partial charge is 0.354 e. The molecule has 0 aliphatic carbocycles. The number of carbonyl (C=O) groups is 1. The average molecular weight is 198 g/mol. The minimum Gasteiger partial charge on any atom is -0.354 e. The standard InChI is InChI=1S/C9H14N2OS/c1-5(2)9-11-6(3)7(13-9)8(12)10-4/h5H,1-4H3,(H,10,12). The molecular weight excluding hydrogens is 184 g/mol. The van der Waals surface area contributed by atoms with Crippen LogP contribution in [0.1, 0.15) is 40.1 Å². The number of rotatable bonds is 2. The Bertz CT molecular complexity index is 317. The van der Waals surface area contributed by atoms with Crippen LogP contribution in [0, 0.1) is 6.92 Å². The van der Waals surface area contributed by atoms with E-state index in [1.165, 1.54) is 11.3 Å². The van der Waals surface area contributed by atoms with Gasteiger partial charge in [0.05, 0.1) is 10.7 Å². The van der Waals surface area contributed by atoms with Crippen LogP contribution >= 0.6 is 11.3 Å². The SMILES string of the molecule is CNC(=O)c1sc(C(C)C)nc1C. The first-order valence-electron chi connectivity index (χ1n) is 4.25. The molecule has 1 N–H and O–H groups in total. The summed E-state index contributed by atoms with van der Waals surface area (Å²) in [5, 5.41) is 3.63. The molecule has 1 amide bonds. The van der Waals surface area contributed by atoms with Crippen molar-refractivity contribution in [3.63, 3.8) is 0 Å². The molecule has 4 heteroatoms. The number of nitrogens with zero attached hydrogens (tertiary/aromatic N) is 1. The Morgan fingerprint density at radius 1 is 1.54 bits per heavy atom. The summed E-state index contributed by atoms with van der Waals surface area (Å²) in [6.07, 6.45) is 0. The Balaban J connectivity index is 3.03. The second-order valence-electron chi connectivity index (χ2n) is 3.20. The summed E-state index contributed by atoms with van der Waals surface area (Å²) in [5.41, 5.74) is 0.827. The number of aryl methyl sites for hydroxylation is 1. The molecule has 0 aliphatic rings. The van der Waals surface area contributed by atoms with Gasteiger partial charge in [-0.2, -0.15) is 0 Å². The van der Waals surface area contributed by atoms with Gasteiger partial charge < -0.3 is 5.32 Å². The summed E-state index contributed by atoms with van der Waals surface area (Å²) in [4.78, 5) is 16.4. The zero-order chi connectivity index (χ0) is 10.0. The Morgan fingerprint density at radius 2 is 2.15 bits per heavy atom. The molecule has 0 aromatic carbocycles. The quantitative estimate of drug-likeness (QED) is 0.789. The number of thiazole rings is 1. The minimum atomic E-state index is -0.0399. The number of aromatic nitrogens is 1. The van der Waals surface area contributed by atoms with E-state index in [0.29, 0.717) is 5.92 Å². The van der Waals surface area contributed by atoms with E-state index in [1.54, 1.807) is 7.05 Å². The second kappa shape index (κ2) is 3.87. The maximum atomic E-state index is 11.3. The van der Waals surface area contributed by atoms with Crippen molar-refractivity contribution in [2.45, 2.75) is 26.7 Å². The normalized spacial score (nSPS) is 10.5. The Hall–Kier alpha value is -0.900. The summed E-state index contributed by atoms with van der Waals surface area (Å²) in [5.74, 6) is 0.351. The third kappa shape index (κ3) is 2.06. The molecule has 0 saturated carbocycles. The summed E-state index contributed by atoms with van der Waals surface area (Å²) >= 11 is 1.48. The Kier molecular flexibility index (Phi) is 3.03. The zero-order valence-corrected chi connectivity index (χ0v) is 9.16. The van der Waals surface area contributed by atoms with Crippen molar-refractivity contribution in [2.75, 3.05) is 7.05 Å². The lowest BCUT2D eigenvalue weighted by atomic mass is 10.2. The van der Waals surface area contributed by atoms with E-state index in [-0.39, 0.29) is 5.91 Å². The number of nitrogens with one attached hydrogen (secondary N) is 1. The van der Waals surface area contributed by atoms with Gasteiger partial charge in [-0.15, -0.1) is 11.3 Å². The summed E-state index contributed by atoms with van der Waals surface area (Å²) in [6.45, 7) is 6.02. The number of hydrogen-bond acceptors (Lipinski definition) is 3. The van der Waals surface area contributed by atoms with Gasteiger partial charge in [-0.1, -0.05) is 13.8 Å². The minimum absolute atomic E-state index is 0.0399. The lowest BCUT2D eigenvalue weighted by Gasteiger charge is -1.95. The number of hydrogen-bond donors (Lipinski definition) is 1. The maximum Gasteiger partial charge on any atom is 0.263 e. The molecule has 1 aromatic heterocycles. The van der Waals surface area contributed by atoms with Crippen molar-refractivity contribution >= 4 is 17.2 Å². The molecule has 0 bridgehead atoms. The summed E-state index contributed by atoms with van der Waals surface area (Å²) in [6, 6.07) is 0. The molecule has 0 saturated heterocycles. The van der Waals surface area contributed by atoms with Crippen LogP contribution in [0.2, 0.25) is 0 Å². The van der Waals surface area contributed by atoms with Gasteiger partial charge in [-0.3, -0.25) is 4.79 Å². The number of carbonyl (C=O) groups excluding carboxylic acids is 1. The summed E-state index contributed by atoms with van der Waals surface area (Å²) in [7, 11) is 1.64. The Labute approximate surface area is 82.2 Å². The molecule has 0 radical (unpaired) electrons. The highest BCUT2D eigenvalue weighted by Crippen LogP contribution is 2.24. The van der Waals surface area contributed by atoms with Crippen molar-refractivity contribution in [1.29, 1.82) is 0 Å². The molecule has 0 atom stereocenters. The van der Waals surface area contributed by atoms with Crippen LogP contribution in [0.3, 0.4) is 0 Å². The predicted octanol–water partition coefficient (Wildman–Crippen LogP) is 1.93. The predicted molar refractivity (Wildman–Crippen MR) is 54.3 cm³/mol. The fraction of sp³-hybridized carbons (Fsp3) is 0.556. The van der Waals surface area contributed by atoms with Gasteiger partial charge in [0, 0.05) is 13.0 Å². The number of amides is 1. The molecule has 1 aromatic rings. The van der Waals surface area contributed by atoms with Crippen LogP contribution in [-0.2, 0) is 0 Å². The van der Waals surface area contributed by atoms with Gasteiger partial charge in [0.25, 0.3) is 5.91 Å². The van der Waals surface area contributed by atoms with Gasteiger partial charge in [0.15, 0.2) is 0 Å². The van der Waals surface area contributed by atoms with Crippen LogP contribution < -0.4 is 5.32 Å². The van der Waals surface area contributed by atoms with Crippen LogP contribution in [0.25, 0.3) is 0 Å². The monoisotopic (exact) mass is 198 g/mol. The first-order valence-corrected chi connectivity index (χ1v) is 5.07. The van der Waals surface area contributed by atoms with Crippen LogP contribution in [0.4, 0.5) is 0 Å². The Morgan fingerprint density at radius 3 is 2.54 bits per heavy atom. The highest BCUT2D eigenvalue weighted by Gasteiger charge is 2.14. The third-order valence-corrected chi connectivity index (χ3v) is 3.20. The van der Waals surface area contributed by atoms with Crippen LogP contribution in [0.5, 0.6) is 0 Å². The van der Waals surface area contributed by atoms with E-state index in [4.69, 9.17) is 0 Å². The van der Waals surface area contributed by atoms with Crippen molar-refractivity contribution in [1.82, 2.24) is 10.3 Å². The van der Waals surface area contributed by atoms with E-state index in [1.807, 2.05) is 6.92 Å². The molecule has 1 rings (SSSR count). The molecule has 0 unspecified atom stereocenters. The lowest BCUT2D eigenvalue weighted by molar-refractivity contribution is 0.0966. The topological polar surface area (TPSA) is 42.0 Å². The molecule has 1 heterocycles. The van der Waals surface area contributed by atoms with Gasteiger partial charge in [0.1, 0.15) is 4.88 Å². The maximum absolute atomic E-state index is 11.3. The highest BCUT2D eigenvalue weighted by atomic mass is 32.1. The van der Waals surface area contributed by atoms with E-state index in [9.17, 15) is 4.79 Å². The second-order valence-corrected chi connectivity index (χ2v) is 4.23.